The van der Waals surface area contributed by atoms with Crippen LogP contribution in [0.4, 0.5) is 30.2 Å². The van der Waals surface area contributed by atoms with Crippen molar-refractivity contribution in [1.82, 2.24) is 4.57 Å². The number of non-ortho nitro benzene ring substituents is 1. The zero-order valence-electron chi connectivity index (χ0n) is 15.5. The van der Waals surface area contributed by atoms with E-state index in [4.69, 9.17) is 0 Å². The summed E-state index contributed by atoms with van der Waals surface area (Å²) in [6, 6.07) is 9.95. The summed E-state index contributed by atoms with van der Waals surface area (Å²) in [7, 11) is 1.70. The van der Waals surface area contributed by atoms with Crippen LogP contribution in [0.25, 0.3) is 0 Å². The number of carbonyl (C=O) groups is 1. The Morgan fingerprint density at radius 2 is 1.80 bits per heavy atom. The zero-order valence-corrected chi connectivity index (χ0v) is 16.3. The van der Waals surface area contributed by atoms with Crippen molar-refractivity contribution in [2.75, 3.05) is 5.32 Å². The Kier molecular flexibility index (Phi) is 6.01. The molecule has 7 nitrogen and oxygen atoms in total. The van der Waals surface area contributed by atoms with Crippen molar-refractivity contribution >= 4 is 34.3 Å². The van der Waals surface area contributed by atoms with Crippen LogP contribution in [0.5, 0.6) is 0 Å². The van der Waals surface area contributed by atoms with Crippen LogP contribution in [0.15, 0.2) is 58.9 Å². The molecule has 0 saturated heterocycles. The fourth-order valence-electron chi connectivity index (χ4n) is 2.53. The number of nitro benzene ring substituents is 1. The van der Waals surface area contributed by atoms with E-state index >= 15 is 0 Å². The average Bonchev–Trinajstić information content (AvgIpc) is 3.01. The average molecular weight is 436 g/mol. The number of nitrogens with zero attached hydrogens (tertiary/aromatic N) is 3. The smallest absolute Gasteiger partial charge is 0.326 e. The molecule has 0 aliphatic heterocycles. The van der Waals surface area contributed by atoms with Gasteiger partial charge in [0, 0.05) is 35.9 Å². The second-order valence-corrected chi connectivity index (χ2v) is 7.09. The van der Waals surface area contributed by atoms with Crippen molar-refractivity contribution in [2.24, 2.45) is 12.0 Å². The Bertz CT molecular complexity index is 1130. The van der Waals surface area contributed by atoms with Crippen molar-refractivity contribution in [2.45, 2.75) is 12.6 Å². The number of nitro groups is 1. The summed E-state index contributed by atoms with van der Waals surface area (Å²) < 4.78 is 39.6. The van der Waals surface area contributed by atoms with E-state index in [-0.39, 0.29) is 18.0 Å². The van der Waals surface area contributed by atoms with E-state index in [1.807, 2.05) is 0 Å². The molecule has 0 bridgehead atoms. The van der Waals surface area contributed by atoms with Gasteiger partial charge in [-0.05, 0) is 36.4 Å². The predicted molar refractivity (Wildman–Crippen MR) is 105 cm³/mol. The van der Waals surface area contributed by atoms with E-state index in [0.717, 1.165) is 12.1 Å². The maximum atomic E-state index is 12.6. The molecule has 1 aromatic heterocycles. The first-order valence-corrected chi connectivity index (χ1v) is 9.41. The van der Waals surface area contributed by atoms with Crippen molar-refractivity contribution in [3.05, 3.63) is 80.1 Å². The highest BCUT2D eigenvalue weighted by atomic mass is 32.1. The lowest BCUT2D eigenvalue weighted by molar-refractivity contribution is -0.384. The van der Waals surface area contributed by atoms with Gasteiger partial charge in [0.15, 0.2) is 4.80 Å². The summed E-state index contributed by atoms with van der Waals surface area (Å²) in [6.45, 7) is 0. The minimum Gasteiger partial charge on any atom is -0.326 e. The van der Waals surface area contributed by atoms with Crippen LogP contribution < -0.4 is 10.1 Å². The topological polar surface area (TPSA) is 89.5 Å². The van der Waals surface area contributed by atoms with Gasteiger partial charge in [-0.15, -0.1) is 11.3 Å². The van der Waals surface area contributed by atoms with Crippen molar-refractivity contribution in [1.29, 1.82) is 0 Å². The molecule has 1 heterocycles. The molecular weight excluding hydrogens is 421 g/mol. The molecule has 156 valence electrons. The Balaban J connectivity index is 1.71. The second-order valence-electron chi connectivity index (χ2n) is 6.25. The normalized spacial score (nSPS) is 12.1. The highest BCUT2D eigenvalue weighted by Crippen LogP contribution is 2.30. The highest BCUT2D eigenvalue weighted by molar-refractivity contribution is 7.07. The van der Waals surface area contributed by atoms with Gasteiger partial charge in [0.05, 0.1) is 22.6 Å². The van der Waals surface area contributed by atoms with Gasteiger partial charge in [-0.1, -0.05) is 0 Å². The molecule has 0 aliphatic rings. The first-order valence-electron chi connectivity index (χ1n) is 8.53. The second kappa shape index (κ2) is 8.49. The predicted octanol–water partition coefficient (Wildman–Crippen LogP) is 4.43. The van der Waals surface area contributed by atoms with Crippen LogP contribution in [0, 0.1) is 10.1 Å². The van der Waals surface area contributed by atoms with E-state index in [0.29, 0.717) is 21.9 Å². The van der Waals surface area contributed by atoms with Crippen LogP contribution in [-0.2, 0) is 24.4 Å². The van der Waals surface area contributed by atoms with Crippen LogP contribution in [0.3, 0.4) is 0 Å². The number of carbonyl (C=O) groups excluding carboxylic acids is 1. The first-order chi connectivity index (χ1) is 14.1. The molecule has 0 unspecified atom stereocenters. The third-order valence-corrected chi connectivity index (χ3v) is 5.11. The summed E-state index contributed by atoms with van der Waals surface area (Å²) in [5, 5.41) is 15.1. The standard InChI is InChI=1S/C19H15F3N4O3S/c1-25-16(10-17(27)23-13-6-8-15(9-7-13)26(28)29)11-30-18(25)24-14-4-2-12(3-5-14)19(20,21)22/h2-9,11H,10H2,1H3,(H,23,27)/b24-18+. The van der Waals surface area contributed by atoms with Gasteiger partial charge in [-0.2, -0.15) is 13.2 Å². The van der Waals surface area contributed by atoms with Crippen molar-refractivity contribution in [3.63, 3.8) is 0 Å². The Hall–Kier alpha value is -3.47. The maximum Gasteiger partial charge on any atom is 0.416 e. The lowest BCUT2D eigenvalue weighted by Crippen LogP contribution is -2.19. The molecule has 1 amide bonds. The summed E-state index contributed by atoms with van der Waals surface area (Å²) in [6.07, 6.45) is -4.37. The maximum absolute atomic E-state index is 12.6. The van der Waals surface area contributed by atoms with Crippen LogP contribution in [0.1, 0.15) is 11.3 Å². The van der Waals surface area contributed by atoms with Crippen molar-refractivity contribution in [3.8, 4) is 0 Å². The minimum absolute atomic E-state index is 0.0342. The Labute approximate surface area is 172 Å². The fourth-order valence-corrected chi connectivity index (χ4v) is 3.45. The Morgan fingerprint density at radius 3 is 2.37 bits per heavy atom. The number of rotatable bonds is 5. The third-order valence-electron chi connectivity index (χ3n) is 4.14. The number of nitrogens with one attached hydrogen (secondary N) is 1. The summed E-state index contributed by atoms with van der Waals surface area (Å²) in [5.41, 5.74) is 0.623. The van der Waals surface area contributed by atoms with Gasteiger partial charge in [-0.25, -0.2) is 4.99 Å². The zero-order chi connectivity index (χ0) is 21.9. The van der Waals surface area contributed by atoms with Gasteiger partial charge in [0.1, 0.15) is 0 Å². The van der Waals surface area contributed by atoms with E-state index < -0.39 is 16.7 Å². The molecule has 11 heteroatoms. The van der Waals surface area contributed by atoms with Crippen LogP contribution in [-0.4, -0.2) is 15.4 Å². The van der Waals surface area contributed by atoms with Crippen molar-refractivity contribution < 1.29 is 22.9 Å². The number of alkyl halides is 3. The van der Waals surface area contributed by atoms with Gasteiger partial charge in [-0.3, -0.25) is 14.9 Å². The molecule has 3 rings (SSSR count). The number of benzene rings is 2. The van der Waals surface area contributed by atoms with Crippen LogP contribution >= 0.6 is 11.3 Å². The molecule has 0 atom stereocenters. The molecule has 3 aromatic rings. The number of halogens is 3. The molecular formula is C19H15F3N4O3S. The molecule has 0 saturated carbocycles. The van der Waals surface area contributed by atoms with Gasteiger partial charge in [0.25, 0.3) is 5.69 Å². The van der Waals surface area contributed by atoms with E-state index in [9.17, 15) is 28.1 Å². The number of anilines is 1. The minimum atomic E-state index is -4.41. The molecule has 0 fully saturated rings. The van der Waals surface area contributed by atoms with Crippen LogP contribution in [0.2, 0.25) is 0 Å². The lowest BCUT2D eigenvalue weighted by atomic mass is 10.2. The highest BCUT2D eigenvalue weighted by Gasteiger charge is 2.29. The fraction of sp³-hybridized carbons (Fsp3) is 0.158. The molecule has 0 radical (unpaired) electrons. The molecule has 30 heavy (non-hydrogen) atoms. The molecule has 1 N–H and O–H groups in total. The van der Waals surface area contributed by atoms with Gasteiger partial charge < -0.3 is 9.88 Å². The SMILES string of the molecule is Cn1c(CC(=O)Nc2ccc([N+](=O)[O-])cc2)cs/c1=N/c1ccc(C(F)(F)F)cc1. The van der Waals surface area contributed by atoms with E-state index in [2.05, 4.69) is 10.3 Å². The van der Waals surface area contributed by atoms with E-state index in [1.165, 1.54) is 47.7 Å². The largest absolute Gasteiger partial charge is 0.416 e. The molecule has 0 aliphatic carbocycles. The van der Waals surface area contributed by atoms with Gasteiger partial charge >= 0.3 is 6.18 Å². The number of thiazole rings is 1. The monoisotopic (exact) mass is 436 g/mol. The van der Waals surface area contributed by atoms with E-state index in [1.54, 1.807) is 17.0 Å². The summed E-state index contributed by atoms with van der Waals surface area (Å²) >= 11 is 1.25. The first kappa shape index (κ1) is 21.2. The Morgan fingerprint density at radius 1 is 1.17 bits per heavy atom. The summed E-state index contributed by atoms with van der Waals surface area (Å²) in [4.78, 5) is 27.2. The number of aromatic nitrogens is 1. The lowest BCUT2D eigenvalue weighted by Gasteiger charge is -2.06. The molecule has 2 aromatic carbocycles. The number of hydrogen-bond acceptors (Lipinski definition) is 5. The molecule has 0 spiro atoms. The number of amides is 1. The quantitative estimate of drug-likeness (QED) is 0.474. The summed E-state index contributed by atoms with van der Waals surface area (Å²) in [5.74, 6) is -0.321. The third kappa shape index (κ3) is 5.11. The van der Waals surface area contributed by atoms with Gasteiger partial charge in [0.2, 0.25) is 5.91 Å². The number of hydrogen-bond donors (Lipinski definition) is 1.